The van der Waals surface area contributed by atoms with Gasteiger partial charge in [-0.05, 0) is 45.0 Å². The predicted molar refractivity (Wildman–Crippen MR) is 97.1 cm³/mol. The van der Waals surface area contributed by atoms with Crippen molar-refractivity contribution in [3.8, 4) is 0 Å². The molecule has 3 aromatic rings. The number of aromatic nitrogens is 1. The Morgan fingerprint density at radius 3 is 2.40 bits per heavy atom. The number of nitrogens with zero attached hydrogens (tertiary/aromatic N) is 1. The first-order chi connectivity index (χ1) is 12.0. The molecule has 0 bridgehead atoms. The van der Waals surface area contributed by atoms with Crippen molar-refractivity contribution in [1.82, 2.24) is 4.57 Å². The second-order valence-electron chi connectivity index (χ2n) is 5.99. The van der Waals surface area contributed by atoms with Crippen LogP contribution in [0.5, 0.6) is 0 Å². The molecule has 0 aliphatic rings. The molecule has 1 N–H and O–H groups in total. The van der Waals surface area contributed by atoms with Crippen molar-refractivity contribution >= 4 is 11.6 Å². The van der Waals surface area contributed by atoms with Crippen molar-refractivity contribution in [3.63, 3.8) is 0 Å². The van der Waals surface area contributed by atoms with Crippen molar-refractivity contribution in [3.05, 3.63) is 87.2 Å². The van der Waals surface area contributed by atoms with Crippen molar-refractivity contribution in [2.45, 2.75) is 27.3 Å². The van der Waals surface area contributed by atoms with Crippen LogP contribution in [0.4, 0.5) is 5.69 Å². The lowest BCUT2D eigenvalue weighted by Gasteiger charge is -2.19. The van der Waals surface area contributed by atoms with Gasteiger partial charge in [0.2, 0.25) is 0 Å². The van der Waals surface area contributed by atoms with Gasteiger partial charge in [0.05, 0.1) is 12.8 Å². The lowest BCUT2D eigenvalue weighted by Crippen LogP contribution is -2.29. The van der Waals surface area contributed by atoms with Gasteiger partial charge in [-0.1, -0.05) is 18.2 Å². The predicted octanol–water partition coefficient (Wildman–Crippen LogP) is 3.67. The molecular weight excluding hydrogens is 316 g/mol. The Morgan fingerprint density at radius 2 is 1.76 bits per heavy atom. The quantitative estimate of drug-likeness (QED) is 0.790. The normalized spacial score (nSPS) is 10.7. The number of carbonyl (C=O) groups is 1. The first-order valence-electron chi connectivity index (χ1n) is 8.08. The second kappa shape index (κ2) is 6.81. The number of pyridine rings is 1. The highest BCUT2D eigenvalue weighted by Gasteiger charge is 2.21. The van der Waals surface area contributed by atoms with Gasteiger partial charge in [-0.3, -0.25) is 9.59 Å². The van der Waals surface area contributed by atoms with Gasteiger partial charge in [0.25, 0.3) is 5.91 Å². The number of furan rings is 1. The Balaban J connectivity index is 2.05. The van der Waals surface area contributed by atoms with E-state index in [1.54, 1.807) is 32.2 Å². The van der Waals surface area contributed by atoms with Crippen LogP contribution in [0.3, 0.4) is 0 Å². The second-order valence-corrected chi connectivity index (χ2v) is 5.99. The Labute approximate surface area is 145 Å². The zero-order valence-electron chi connectivity index (χ0n) is 14.5. The van der Waals surface area contributed by atoms with E-state index in [0.717, 1.165) is 11.5 Å². The maximum atomic E-state index is 12.7. The van der Waals surface area contributed by atoms with Gasteiger partial charge in [0, 0.05) is 22.6 Å². The lowest BCUT2D eigenvalue weighted by molar-refractivity contribution is 0.102. The summed E-state index contributed by atoms with van der Waals surface area (Å²) in [6, 6.07) is 12.8. The van der Waals surface area contributed by atoms with E-state index < -0.39 is 5.91 Å². The van der Waals surface area contributed by atoms with Gasteiger partial charge in [-0.25, -0.2) is 0 Å². The topological polar surface area (TPSA) is 64.2 Å². The third-order valence-corrected chi connectivity index (χ3v) is 4.43. The maximum Gasteiger partial charge on any atom is 0.261 e. The highest BCUT2D eigenvalue weighted by atomic mass is 16.3. The van der Waals surface area contributed by atoms with Crippen molar-refractivity contribution in [2.75, 3.05) is 5.32 Å². The average Bonchev–Trinajstić information content (AvgIpc) is 3.11. The molecule has 0 radical (unpaired) electrons. The fourth-order valence-electron chi connectivity index (χ4n) is 2.88. The number of amides is 1. The van der Waals surface area contributed by atoms with Crippen molar-refractivity contribution in [2.24, 2.45) is 0 Å². The van der Waals surface area contributed by atoms with Crippen LogP contribution in [0.15, 0.2) is 57.9 Å². The molecule has 0 aliphatic heterocycles. The largest absolute Gasteiger partial charge is 0.467 e. The number of carbonyl (C=O) groups excluding carboxylic acids is 1. The van der Waals surface area contributed by atoms with Crippen LogP contribution in [0.25, 0.3) is 0 Å². The number of benzene rings is 1. The molecule has 3 rings (SSSR count). The molecule has 1 amide bonds. The number of nitrogens with one attached hydrogen (secondary N) is 1. The third kappa shape index (κ3) is 3.26. The minimum atomic E-state index is -0.398. The summed E-state index contributed by atoms with van der Waals surface area (Å²) in [7, 11) is 0. The van der Waals surface area contributed by atoms with Crippen molar-refractivity contribution < 1.29 is 9.21 Å². The minimum Gasteiger partial charge on any atom is -0.467 e. The van der Waals surface area contributed by atoms with Gasteiger partial charge >= 0.3 is 0 Å². The number of para-hydroxylation sites is 1. The van der Waals surface area contributed by atoms with E-state index in [1.807, 2.05) is 41.8 Å². The summed E-state index contributed by atoms with van der Waals surface area (Å²) in [5.74, 6) is 0.369. The van der Waals surface area contributed by atoms with E-state index in [2.05, 4.69) is 5.32 Å². The summed E-state index contributed by atoms with van der Waals surface area (Å²) in [6.07, 6.45) is 1.61. The first kappa shape index (κ1) is 16.8. The molecule has 25 heavy (non-hydrogen) atoms. The molecule has 0 fully saturated rings. The fraction of sp³-hybridized carbons (Fsp3) is 0.200. The van der Waals surface area contributed by atoms with E-state index in [1.165, 1.54) is 0 Å². The molecule has 0 atom stereocenters. The Bertz CT molecular complexity index is 955. The van der Waals surface area contributed by atoms with Crippen molar-refractivity contribution in [1.29, 1.82) is 0 Å². The highest BCUT2D eigenvalue weighted by molar-refractivity contribution is 6.05. The molecule has 0 unspecified atom stereocenters. The Kier molecular flexibility index (Phi) is 4.57. The van der Waals surface area contributed by atoms with E-state index >= 15 is 0 Å². The van der Waals surface area contributed by atoms with Crippen LogP contribution in [-0.2, 0) is 6.54 Å². The molecule has 5 nitrogen and oxygen atoms in total. The SMILES string of the molecule is Cc1c(C)n(Cc2ccco2)c(C)c(C(=O)Nc2ccccc2)c1=O. The molecule has 2 aromatic heterocycles. The number of rotatable bonds is 4. The molecule has 5 heteroatoms. The summed E-state index contributed by atoms with van der Waals surface area (Å²) >= 11 is 0. The average molecular weight is 336 g/mol. The summed E-state index contributed by atoms with van der Waals surface area (Å²) in [5.41, 5.74) is 2.60. The summed E-state index contributed by atoms with van der Waals surface area (Å²) in [4.78, 5) is 25.4. The highest BCUT2D eigenvalue weighted by Crippen LogP contribution is 2.16. The van der Waals surface area contributed by atoms with Crippen LogP contribution in [0.1, 0.15) is 33.1 Å². The van der Waals surface area contributed by atoms with Crippen LogP contribution < -0.4 is 10.7 Å². The molecule has 128 valence electrons. The van der Waals surface area contributed by atoms with Gasteiger partial charge in [0.1, 0.15) is 11.3 Å². The van der Waals surface area contributed by atoms with Crippen LogP contribution in [0, 0.1) is 20.8 Å². The van der Waals surface area contributed by atoms with Gasteiger partial charge in [0.15, 0.2) is 5.43 Å². The Morgan fingerprint density at radius 1 is 1.04 bits per heavy atom. The van der Waals surface area contributed by atoms with Gasteiger partial charge in [-0.15, -0.1) is 0 Å². The monoisotopic (exact) mass is 336 g/mol. The molecule has 0 saturated heterocycles. The minimum absolute atomic E-state index is 0.165. The standard InChI is InChI=1S/C20H20N2O3/c1-13-14(2)22(12-17-10-7-11-25-17)15(3)18(19(13)23)20(24)21-16-8-5-4-6-9-16/h4-11H,12H2,1-3H3,(H,21,24). The number of hydrogen-bond donors (Lipinski definition) is 1. The molecule has 0 saturated carbocycles. The summed E-state index contributed by atoms with van der Waals surface area (Å²) < 4.78 is 7.35. The van der Waals surface area contributed by atoms with E-state index in [9.17, 15) is 9.59 Å². The smallest absolute Gasteiger partial charge is 0.261 e. The molecular formula is C20H20N2O3. The number of hydrogen-bond acceptors (Lipinski definition) is 3. The van der Waals surface area contributed by atoms with Gasteiger partial charge in [-0.2, -0.15) is 0 Å². The molecule has 2 heterocycles. The summed E-state index contributed by atoms with van der Waals surface area (Å²) in [5, 5.41) is 2.80. The van der Waals surface area contributed by atoms with Crippen LogP contribution >= 0.6 is 0 Å². The summed E-state index contributed by atoms with van der Waals surface area (Å²) in [6.45, 7) is 5.88. The molecule has 0 spiro atoms. The zero-order valence-corrected chi connectivity index (χ0v) is 14.5. The van der Waals surface area contributed by atoms with Crippen LogP contribution in [0.2, 0.25) is 0 Å². The maximum absolute atomic E-state index is 12.7. The van der Waals surface area contributed by atoms with E-state index in [0.29, 0.717) is 23.5 Å². The fourth-order valence-corrected chi connectivity index (χ4v) is 2.88. The Hall–Kier alpha value is -3.08. The van der Waals surface area contributed by atoms with Crippen LogP contribution in [-0.4, -0.2) is 10.5 Å². The van der Waals surface area contributed by atoms with E-state index in [4.69, 9.17) is 4.42 Å². The molecule has 0 aliphatic carbocycles. The van der Waals surface area contributed by atoms with E-state index in [-0.39, 0.29) is 11.0 Å². The first-order valence-corrected chi connectivity index (χ1v) is 8.08. The number of anilines is 1. The third-order valence-electron chi connectivity index (χ3n) is 4.43. The van der Waals surface area contributed by atoms with Gasteiger partial charge < -0.3 is 14.3 Å². The lowest BCUT2D eigenvalue weighted by atomic mass is 10.1. The molecule has 1 aromatic carbocycles. The zero-order chi connectivity index (χ0) is 18.0.